The standard InChI is InChI=1S/C16H25NO3/c1-5-6-7-12-8-13-10-19-11-14(9-12)17(13)15(18)20-16(2,3)4/h5,8,13-14H,1,6-7,9-11H2,2-4H3. The molecule has 2 aliphatic heterocycles. The van der Waals surface area contributed by atoms with Crippen LogP contribution in [-0.4, -0.2) is 41.9 Å². The number of hydrogen-bond donors (Lipinski definition) is 0. The monoisotopic (exact) mass is 279 g/mol. The molecule has 0 N–H and O–H groups in total. The zero-order valence-electron chi connectivity index (χ0n) is 12.7. The molecule has 4 nitrogen and oxygen atoms in total. The van der Waals surface area contributed by atoms with E-state index >= 15 is 0 Å². The summed E-state index contributed by atoms with van der Waals surface area (Å²) in [5, 5.41) is 0. The molecule has 0 saturated carbocycles. The van der Waals surface area contributed by atoms with Crippen molar-refractivity contribution in [1.82, 2.24) is 4.90 Å². The zero-order chi connectivity index (χ0) is 14.8. The Labute approximate surface area is 121 Å². The van der Waals surface area contributed by atoms with Crippen LogP contribution in [0.5, 0.6) is 0 Å². The van der Waals surface area contributed by atoms with Gasteiger partial charge in [0.15, 0.2) is 0 Å². The molecule has 2 heterocycles. The third kappa shape index (κ3) is 3.63. The van der Waals surface area contributed by atoms with E-state index in [1.807, 2.05) is 31.7 Å². The molecule has 1 amide bonds. The van der Waals surface area contributed by atoms with Crippen molar-refractivity contribution in [1.29, 1.82) is 0 Å². The van der Waals surface area contributed by atoms with E-state index in [0.717, 1.165) is 19.3 Å². The molecule has 20 heavy (non-hydrogen) atoms. The number of hydrogen-bond acceptors (Lipinski definition) is 3. The van der Waals surface area contributed by atoms with Gasteiger partial charge in [-0.3, -0.25) is 4.90 Å². The molecule has 0 aliphatic carbocycles. The van der Waals surface area contributed by atoms with Gasteiger partial charge in [-0.1, -0.05) is 17.7 Å². The highest BCUT2D eigenvalue weighted by molar-refractivity contribution is 5.70. The average molecular weight is 279 g/mol. The molecule has 2 unspecified atom stereocenters. The van der Waals surface area contributed by atoms with Gasteiger partial charge < -0.3 is 9.47 Å². The van der Waals surface area contributed by atoms with E-state index in [9.17, 15) is 4.79 Å². The lowest BCUT2D eigenvalue weighted by Crippen LogP contribution is -2.57. The predicted molar refractivity (Wildman–Crippen MR) is 78.6 cm³/mol. The number of allylic oxidation sites excluding steroid dienone is 1. The van der Waals surface area contributed by atoms with Crippen LogP contribution < -0.4 is 0 Å². The minimum atomic E-state index is -0.459. The quantitative estimate of drug-likeness (QED) is 0.744. The fourth-order valence-electron chi connectivity index (χ4n) is 2.76. The Balaban J connectivity index is 2.09. The lowest BCUT2D eigenvalue weighted by molar-refractivity contribution is -0.0537. The molecule has 0 spiro atoms. The molecule has 112 valence electrons. The molecule has 0 aromatic rings. The van der Waals surface area contributed by atoms with Crippen LogP contribution >= 0.6 is 0 Å². The molecule has 2 bridgehead atoms. The van der Waals surface area contributed by atoms with E-state index in [0.29, 0.717) is 13.2 Å². The maximum absolute atomic E-state index is 12.4. The number of carbonyl (C=O) groups excluding carboxylic acids is 1. The van der Waals surface area contributed by atoms with Gasteiger partial charge in [0, 0.05) is 0 Å². The second kappa shape index (κ2) is 6.00. The van der Waals surface area contributed by atoms with Crippen molar-refractivity contribution in [2.24, 2.45) is 0 Å². The summed E-state index contributed by atoms with van der Waals surface area (Å²) in [6.07, 6.45) is 6.77. The first-order valence-electron chi connectivity index (χ1n) is 7.30. The third-order valence-corrected chi connectivity index (χ3v) is 3.55. The Kier molecular flexibility index (Phi) is 4.53. The summed E-state index contributed by atoms with van der Waals surface area (Å²) in [5.41, 5.74) is 0.946. The Morgan fingerprint density at radius 3 is 2.90 bits per heavy atom. The Morgan fingerprint density at radius 2 is 2.30 bits per heavy atom. The van der Waals surface area contributed by atoms with Crippen LogP contribution in [-0.2, 0) is 9.47 Å². The van der Waals surface area contributed by atoms with Gasteiger partial charge in [-0.15, -0.1) is 6.58 Å². The maximum atomic E-state index is 12.4. The Morgan fingerprint density at radius 1 is 1.55 bits per heavy atom. The van der Waals surface area contributed by atoms with E-state index in [2.05, 4.69) is 12.7 Å². The SMILES string of the molecule is C=CCCC1=CC2COCC(C1)N2C(=O)OC(C)(C)C. The molecule has 0 aromatic carbocycles. The number of nitrogens with zero attached hydrogens (tertiary/aromatic N) is 1. The summed E-state index contributed by atoms with van der Waals surface area (Å²) >= 11 is 0. The largest absolute Gasteiger partial charge is 0.444 e. The van der Waals surface area contributed by atoms with Crippen LogP contribution in [0.4, 0.5) is 4.79 Å². The second-order valence-electron chi connectivity index (χ2n) is 6.50. The van der Waals surface area contributed by atoms with E-state index in [1.54, 1.807) is 0 Å². The van der Waals surface area contributed by atoms with Crippen molar-refractivity contribution in [3.8, 4) is 0 Å². The summed E-state index contributed by atoms with van der Waals surface area (Å²) in [4.78, 5) is 14.2. The lowest BCUT2D eigenvalue weighted by atomic mass is 9.92. The molecule has 2 atom stereocenters. The third-order valence-electron chi connectivity index (χ3n) is 3.55. The highest BCUT2D eigenvalue weighted by atomic mass is 16.6. The van der Waals surface area contributed by atoms with E-state index in [1.165, 1.54) is 5.57 Å². The van der Waals surface area contributed by atoms with Gasteiger partial charge >= 0.3 is 6.09 Å². The van der Waals surface area contributed by atoms with Crippen molar-refractivity contribution in [2.75, 3.05) is 13.2 Å². The van der Waals surface area contributed by atoms with Gasteiger partial charge in [-0.05, 0) is 40.0 Å². The van der Waals surface area contributed by atoms with Gasteiger partial charge in [0.05, 0.1) is 25.3 Å². The fourth-order valence-corrected chi connectivity index (χ4v) is 2.76. The number of rotatable bonds is 3. The predicted octanol–water partition coefficient (Wildman–Crippen LogP) is 3.29. The number of fused-ring (bicyclic) bond motifs is 2. The molecule has 0 radical (unpaired) electrons. The molecule has 0 aromatic heterocycles. The number of carbonyl (C=O) groups is 1. The van der Waals surface area contributed by atoms with Crippen molar-refractivity contribution in [3.05, 3.63) is 24.3 Å². The van der Waals surface area contributed by atoms with E-state index in [-0.39, 0.29) is 18.2 Å². The number of amides is 1. The summed E-state index contributed by atoms with van der Waals surface area (Å²) in [7, 11) is 0. The number of morpholine rings is 1. The lowest BCUT2D eigenvalue weighted by Gasteiger charge is -2.44. The normalized spacial score (nSPS) is 25.9. The van der Waals surface area contributed by atoms with Crippen LogP contribution in [0, 0.1) is 0 Å². The Bertz CT molecular complexity index is 408. The van der Waals surface area contributed by atoms with Crippen LogP contribution in [0.1, 0.15) is 40.0 Å². The fraction of sp³-hybridized carbons (Fsp3) is 0.688. The molecule has 4 heteroatoms. The van der Waals surface area contributed by atoms with E-state index in [4.69, 9.17) is 9.47 Å². The van der Waals surface area contributed by atoms with Crippen LogP contribution in [0.15, 0.2) is 24.3 Å². The van der Waals surface area contributed by atoms with Crippen LogP contribution in [0.3, 0.4) is 0 Å². The van der Waals surface area contributed by atoms with Gasteiger partial charge in [-0.25, -0.2) is 4.79 Å². The van der Waals surface area contributed by atoms with Gasteiger partial charge in [0.25, 0.3) is 0 Å². The van der Waals surface area contributed by atoms with Crippen LogP contribution in [0.25, 0.3) is 0 Å². The van der Waals surface area contributed by atoms with Crippen LogP contribution in [0.2, 0.25) is 0 Å². The first-order chi connectivity index (χ1) is 9.40. The first kappa shape index (κ1) is 15.1. The maximum Gasteiger partial charge on any atom is 0.411 e. The minimum absolute atomic E-state index is 0.0113. The molecule has 2 aliphatic rings. The molecule has 2 rings (SSSR count). The molecule has 1 fully saturated rings. The zero-order valence-corrected chi connectivity index (χ0v) is 12.7. The highest BCUT2D eigenvalue weighted by Gasteiger charge is 2.39. The minimum Gasteiger partial charge on any atom is -0.444 e. The van der Waals surface area contributed by atoms with Gasteiger partial charge in [-0.2, -0.15) is 0 Å². The molecule has 1 saturated heterocycles. The van der Waals surface area contributed by atoms with Crippen molar-refractivity contribution in [3.63, 3.8) is 0 Å². The van der Waals surface area contributed by atoms with Gasteiger partial charge in [0.1, 0.15) is 5.60 Å². The first-order valence-corrected chi connectivity index (χ1v) is 7.30. The topological polar surface area (TPSA) is 38.8 Å². The molecular formula is C16H25NO3. The molecular weight excluding hydrogens is 254 g/mol. The second-order valence-corrected chi connectivity index (χ2v) is 6.50. The summed E-state index contributed by atoms with van der Waals surface area (Å²) in [5.74, 6) is 0. The van der Waals surface area contributed by atoms with Gasteiger partial charge in [0.2, 0.25) is 0 Å². The summed E-state index contributed by atoms with van der Waals surface area (Å²) in [6.45, 7) is 10.6. The van der Waals surface area contributed by atoms with Crippen molar-refractivity contribution in [2.45, 2.75) is 57.7 Å². The smallest absolute Gasteiger partial charge is 0.411 e. The summed E-state index contributed by atoms with van der Waals surface area (Å²) in [6, 6.07) is 0.116. The summed E-state index contributed by atoms with van der Waals surface area (Å²) < 4.78 is 11.1. The van der Waals surface area contributed by atoms with E-state index < -0.39 is 5.60 Å². The van der Waals surface area contributed by atoms with Crippen molar-refractivity contribution < 1.29 is 14.3 Å². The average Bonchev–Trinajstić information content (AvgIpc) is 2.32. The van der Waals surface area contributed by atoms with Crippen molar-refractivity contribution >= 4 is 6.09 Å². The highest BCUT2D eigenvalue weighted by Crippen LogP contribution is 2.30. The Hall–Kier alpha value is -1.29. The number of ether oxygens (including phenoxy) is 2.